The van der Waals surface area contributed by atoms with E-state index in [0.29, 0.717) is 0 Å². The fraction of sp³-hybridized carbons (Fsp3) is 0.529. The van der Waals surface area contributed by atoms with Crippen LogP contribution in [0.15, 0.2) is 24.3 Å². The predicted octanol–water partition coefficient (Wildman–Crippen LogP) is 4.49. The van der Waals surface area contributed by atoms with E-state index in [2.05, 4.69) is 32.9 Å². The number of rotatable bonds is 7. The molecule has 4 heteroatoms. The molecule has 1 atom stereocenters. The summed E-state index contributed by atoms with van der Waals surface area (Å²) in [5.41, 5.74) is 1.18. The van der Waals surface area contributed by atoms with Gasteiger partial charge in [0.05, 0.1) is 27.3 Å². The molecule has 0 bridgehead atoms. The lowest BCUT2D eigenvalue weighted by atomic mass is 10.0. The van der Waals surface area contributed by atoms with Gasteiger partial charge in [-0.1, -0.05) is 51.0 Å². The number of ether oxygens (including phenoxy) is 1. The molecule has 0 radical (unpaired) electrons. The highest BCUT2D eigenvalue weighted by atomic mass is 28.3. The maximum Gasteiger partial charge on any atom is 0.137 e. The molecular formula is C17H24N2OSi. The van der Waals surface area contributed by atoms with Crippen molar-refractivity contribution in [1.82, 2.24) is 0 Å². The molecule has 0 spiro atoms. The van der Waals surface area contributed by atoms with Gasteiger partial charge in [0, 0.05) is 5.54 Å². The second-order valence-corrected chi connectivity index (χ2v) is 10.9. The highest BCUT2D eigenvalue weighted by Crippen LogP contribution is 2.41. The van der Waals surface area contributed by atoms with Gasteiger partial charge in [0.25, 0.3) is 0 Å². The summed E-state index contributed by atoms with van der Waals surface area (Å²) in [6.45, 7) is 6.63. The molecule has 0 saturated heterocycles. The van der Waals surface area contributed by atoms with E-state index in [1.54, 1.807) is 7.11 Å². The zero-order valence-corrected chi connectivity index (χ0v) is 14.4. The molecule has 3 nitrogen and oxygen atoms in total. The summed E-state index contributed by atoms with van der Waals surface area (Å²) in [6, 6.07) is 15.6. The third kappa shape index (κ3) is 3.46. The molecule has 0 aliphatic rings. The van der Waals surface area contributed by atoms with Crippen molar-refractivity contribution in [3.63, 3.8) is 0 Å². The van der Waals surface area contributed by atoms with Gasteiger partial charge in [0.1, 0.15) is 11.7 Å². The van der Waals surface area contributed by atoms with Gasteiger partial charge in [0.15, 0.2) is 0 Å². The van der Waals surface area contributed by atoms with E-state index in [4.69, 9.17) is 4.74 Å². The summed E-state index contributed by atoms with van der Waals surface area (Å²) in [7, 11) is -0.0642. The van der Waals surface area contributed by atoms with E-state index in [-0.39, 0.29) is 5.54 Å². The number of benzene rings is 1. The van der Waals surface area contributed by atoms with E-state index in [1.807, 2.05) is 24.3 Å². The third-order valence-corrected chi connectivity index (χ3v) is 11.1. The van der Waals surface area contributed by atoms with Crippen LogP contribution < -0.4 is 4.74 Å². The van der Waals surface area contributed by atoms with Crippen molar-refractivity contribution >= 4 is 8.07 Å². The monoisotopic (exact) mass is 300 g/mol. The maximum atomic E-state index is 9.43. The van der Waals surface area contributed by atoms with E-state index < -0.39 is 14.0 Å². The van der Waals surface area contributed by atoms with E-state index in [9.17, 15) is 10.5 Å². The highest BCUT2D eigenvalue weighted by molar-refractivity contribution is 6.81. The summed E-state index contributed by atoms with van der Waals surface area (Å²) >= 11 is 0. The fourth-order valence-electron chi connectivity index (χ4n) is 3.30. The fourth-order valence-corrected chi connectivity index (χ4v) is 7.87. The maximum absolute atomic E-state index is 9.43. The van der Waals surface area contributed by atoms with Gasteiger partial charge < -0.3 is 4.74 Å². The average Bonchev–Trinajstić information content (AvgIpc) is 2.56. The minimum Gasteiger partial charge on any atom is -0.497 e. The van der Waals surface area contributed by atoms with E-state index in [1.165, 1.54) is 0 Å². The molecule has 0 aromatic heterocycles. The third-order valence-electron chi connectivity index (χ3n) is 4.86. The lowest BCUT2D eigenvalue weighted by Gasteiger charge is -2.38. The number of hydrogen-bond acceptors (Lipinski definition) is 3. The summed E-state index contributed by atoms with van der Waals surface area (Å²) < 4.78 is 5.21. The largest absolute Gasteiger partial charge is 0.497 e. The van der Waals surface area contributed by atoms with Crippen LogP contribution in [0.25, 0.3) is 0 Å². The quantitative estimate of drug-likeness (QED) is 0.697. The normalized spacial score (nSPS) is 12.5. The van der Waals surface area contributed by atoms with Crippen molar-refractivity contribution in [3.8, 4) is 17.9 Å². The summed E-state index contributed by atoms with van der Waals surface area (Å²) in [5.74, 6) is 0.240. The average molecular weight is 300 g/mol. The Labute approximate surface area is 129 Å². The van der Waals surface area contributed by atoms with Crippen LogP contribution in [-0.2, 0) is 0 Å². The molecule has 0 amide bonds. The molecule has 112 valence electrons. The molecule has 21 heavy (non-hydrogen) atoms. The topological polar surface area (TPSA) is 56.8 Å². The molecule has 1 aromatic carbocycles. The van der Waals surface area contributed by atoms with E-state index >= 15 is 0 Å². The Morgan fingerprint density at radius 2 is 1.48 bits per heavy atom. The molecular weight excluding hydrogens is 276 g/mol. The smallest absolute Gasteiger partial charge is 0.137 e. The van der Waals surface area contributed by atoms with Gasteiger partial charge in [-0.3, -0.25) is 0 Å². The van der Waals surface area contributed by atoms with Crippen LogP contribution in [0.5, 0.6) is 5.75 Å². The minimum atomic E-state index is -1.71. The molecule has 0 saturated carbocycles. The van der Waals surface area contributed by atoms with Gasteiger partial charge in [-0.15, -0.1) is 0 Å². The van der Waals surface area contributed by atoms with Gasteiger partial charge in [-0.05, 0) is 17.7 Å². The second kappa shape index (κ2) is 7.86. The molecule has 1 rings (SSSR count). The Morgan fingerprint density at radius 1 is 1.00 bits per heavy atom. The lowest BCUT2D eigenvalue weighted by Crippen LogP contribution is -2.43. The first-order chi connectivity index (χ1) is 10.1. The first-order valence-corrected chi connectivity index (χ1v) is 10.2. The van der Waals surface area contributed by atoms with E-state index in [0.717, 1.165) is 29.4 Å². The Kier molecular flexibility index (Phi) is 6.46. The number of hydrogen-bond donors (Lipinski definition) is 0. The second-order valence-electron chi connectivity index (χ2n) is 5.41. The lowest BCUT2D eigenvalue weighted by molar-refractivity contribution is 0.414. The molecule has 1 aromatic rings. The van der Waals surface area contributed by atoms with Gasteiger partial charge in [0.2, 0.25) is 0 Å². The molecule has 0 aliphatic heterocycles. The van der Waals surface area contributed by atoms with Crippen molar-refractivity contribution in [2.75, 3.05) is 7.11 Å². The molecule has 1 unspecified atom stereocenters. The van der Waals surface area contributed by atoms with Crippen LogP contribution in [0.2, 0.25) is 18.1 Å². The zero-order valence-electron chi connectivity index (χ0n) is 13.4. The zero-order chi connectivity index (χ0) is 15.9. The van der Waals surface area contributed by atoms with Crippen molar-refractivity contribution < 1.29 is 4.74 Å². The molecule has 0 fully saturated rings. The van der Waals surface area contributed by atoms with Crippen LogP contribution in [0.1, 0.15) is 31.9 Å². The SMILES string of the molecule is CC[Si](CC)(CC)C(c1ccc(OC)cc1)C(C#N)C#N. The summed E-state index contributed by atoms with van der Waals surface area (Å²) in [6.07, 6.45) is 0. The van der Waals surface area contributed by atoms with Crippen LogP contribution in [0, 0.1) is 28.6 Å². The Morgan fingerprint density at radius 3 is 1.81 bits per heavy atom. The first kappa shape index (κ1) is 17.3. The van der Waals surface area contributed by atoms with Gasteiger partial charge in [-0.25, -0.2) is 0 Å². The highest BCUT2D eigenvalue weighted by Gasteiger charge is 2.42. The molecule has 0 aliphatic carbocycles. The van der Waals surface area contributed by atoms with Crippen molar-refractivity contribution in [2.45, 2.75) is 44.4 Å². The van der Waals surface area contributed by atoms with Crippen LogP contribution >= 0.6 is 0 Å². The Bertz CT molecular complexity index is 501. The molecule has 0 N–H and O–H groups in total. The predicted molar refractivity (Wildman–Crippen MR) is 87.6 cm³/mol. The first-order valence-electron chi connectivity index (χ1n) is 7.55. The van der Waals surface area contributed by atoms with Crippen LogP contribution in [-0.4, -0.2) is 15.2 Å². The van der Waals surface area contributed by atoms with Crippen LogP contribution in [0.4, 0.5) is 0 Å². The Balaban J connectivity index is 3.37. The van der Waals surface area contributed by atoms with Gasteiger partial charge >= 0.3 is 0 Å². The van der Waals surface area contributed by atoms with Gasteiger partial charge in [-0.2, -0.15) is 10.5 Å². The van der Waals surface area contributed by atoms with Crippen molar-refractivity contribution in [3.05, 3.63) is 29.8 Å². The minimum absolute atomic E-state index is 0.0680. The molecule has 0 heterocycles. The summed E-state index contributed by atoms with van der Waals surface area (Å²) in [5, 5.41) is 18.9. The standard InChI is InChI=1S/C17H24N2OSi/c1-5-21(6-2,7-3)17(15(12-18)13-19)14-8-10-16(20-4)11-9-14/h8-11,15,17H,5-7H2,1-4H3. The number of nitrogens with zero attached hydrogens (tertiary/aromatic N) is 2. The van der Waals surface area contributed by atoms with Crippen LogP contribution in [0.3, 0.4) is 0 Å². The number of methoxy groups -OCH3 is 1. The summed E-state index contributed by atoms with van der Waals surface area (Å²) in [4.78, 5) is 0. The van der Waals surface area contributed by atoms with Crippen molar-refractivity contribution in [1.29, 1.82) is 10.5 Å². The Hall–Kier alpha value is -1.78. The number of nitriles is 2. The van der Waals surface area contributed by atoms with Crippen molar-refractivity contribution in [2.24, 2.45) is 5.92 Å².